The fraction of sp³-hybridized carbons (Fsp3) is 0.412. The molecule has 3 heterocycles. The molecule has 136 valence electrons. The van der Waals surface area contributed by atoms with Crippen LogP contribution in [0.15, 0.2) is 17.5 Å². The molecular formula is C17H20N6OS2. The molecule has 1 amide bonds. The average molecular weight is 389 g/mol. The fourth-order valence-electron chi connectivity index (χ4n) is 3.27. The fourth-order valence-corrected chi connectivity index (χ4v) is 4.70. The van der Waals surface area contributed by atoms with Gasteiger partial charge in [-0.1, -0.05) is 0 Å². The highest BCUT2D eigenvalue weighted by Gasteiger charge is 2.25. The summed E-state index contributed by atoms with van der Waals surface area (Å²) in [5.74, 6) is 1.23. The number of hydrogen-bond acceptors (Lipinski definition) is 8. The molecule has 4 N–H and O–H groups in total. The van der Waals surface area contributed by atoms with Gasteiger partial charge in [-0.2, -0.15) is 9.36 Å². The number of nitrogens with two attached hydrogens (primary N) is 1. The van der Waals surface area contributed by atoms with Crippen LogP contribution in [0.1, 0.15) is 31.4 Å². The highest BCUT2D eigenvalue weighted by molar-refractivity contribution is 7.17. The molecule has 0 spiro atoms. The number of thiophene rings is 1. The second-order valence-electron chi connectivity index (χ2n) is 6.58. The van der Waals surface area contributed by atoms with Crippen molar-refractivity contribution in [3.8, 4) is 0 Å². The topological polar surface area (TPSA) is 106 Å². The number of anilines is 3. The van der Waals surface area contributed by atoms with Crippen LogP contribution in [0.25, 0.3) is 10.2 Å². The maximum absolute atomic E-state index is 11.3. The van der Waals surface area contributed by atoms with E-state index >= 15 is 0 Å². The van der Waals surface area contributed by atoms with Gasteiger partial charge >= 0.3 is 0 Å². The van der Waals surface area contributed by atoms with Gasteiger partial charge < -0.3 is 16.4 Å². The second kappa shape index (κ2) is 7.16. The van der Waals surface area contributed by atoms with Gasteiger partial charge in [-0.15, -0.1) is 11.3 Å². The Morgan fingerprint density at radius 1 is 1.27 bits per heavy atom. The second-order valence-corrected chi connectivity index (χ2v) is 8.30. The van der Waals surface area contributed by atoms with Crippen molar-refractivity contribution in [2.75, 3.05) is 10.6 Å². The van der Waals surface area contributed by atoms with E-state index in [-0.39, 0.29) is 11.8 Å². The molecule has 0 radical (unpaired) electrons. The molecule has 1 saturated carbocycles. The van der Waals surface area contributed by atoms with E-state index in [4.69, 9.17) is 10.7 Å². The minimum Gasteiger partial charge on any atom is -0.369 e. The molecule has 0 atom stereocenters. The van der Waals surface area contributed by atoms with Crippen molar-refractivity contribution in [1.82, 2.24) is 14.3 Å². The van der Waals surface area contributed by atoms with E-state index in [1.54, 1.807) is 11.3 Å². The first-order valence-electron chi connectivity index (χ1n) is 8.60. The van der Waals surface area contributed by atoms with E-state index in [1.165, 1.54) is 11.5 Å². The molecule has 1 fully saturated rings. The van der Waals surface area contributed by atoms with Crippen LogP contribution in [-0.4, -0.2) is 26.3 Å². The summed E-state index contributed by atoms with van der Waals surface area (Å²) < 4.78 is 5.32. The minimum atomic E-state index is -0.183. The molecule has 0 saturated heterocycles. The highest BCUT2D eigenvalue weighted by Crippen LogP contribution is 2.32. The van der Waals surface area contributed by atoms with Crippen LogP contribution < -0.4 is 16.4 Å². The van der Waals surface area contributed by atoms with Gasteiger partial charge in [0.15, 0.2) is 0 Å². The maximum atomic E-state index is 11.3. The molecule has 26 heavy (non-hydrogen) atoms. The average Bonchev–Trinajstić information content (AvgIpc) is 3.24. The molecule has 1 aliphatic rings. The first-order chi connectivity index (χ1) is 12.6. The number of carbonyl (C=O) groups is 1. The van der Waals surface area contributed by atoms with Crippen molar-refractivity contribution in [2.45, 2.75) is 38.6 Å². The van der Waals surface area contributed by atoms with E-state index in [2.05, 4.69) is 20.0 Å². The van der Waals surface area contributed by atoms with E-state index in [0.29, 0.717) is 12.0 Å². The van der Waals surface area contributed by atoms with Gasteiger partial charge in [0.1, 0.15) is 10.8 Å². The molecule has 9 heteroatoms. The van der Waals surface area contributed by atoms with Crippen LogP contribution in [0.3, 0.4) is 0 Å². The van der Waals surface area contributed by atoms with E-state index < -0.39 is 0 Å². The predicted molar refractivity (Wildman–Crippen MR) is 106 cm³/mol. The molecule has 4 rings (SSSR count). The Morgan fingerprint density at radius 3 is 2.77 bits per heavy atom. The zero-order valence-corrected chi connectivity index (χ0v) is 16.0. The third-order valence-electron chi connectivity index (χ3n) is 4.64. The summed E-state index contributed by atoms with van der Waals surface area (Å²) in [6, 6.07) is 4.27. The Balaban J connectivity index is 1.54. The van der Waals surface area contributed by atoms with Crippen molar-refractivity contribution in [1.29, 1.82) is 0 Å². The van der Waals surface area contributed by atoms with Gasteiger partial charge in [-0.3, -0.25) is 4.79 Å². The molecule has 3 aromatic rings. The lowest BCUT2D eigenvalue weighted by Gasteiger charge is -2.27. The van der Waals surface area contributed by atoms with Crippen molar-refractivity contribution in [3.05, 3.63) is 23.2 Å². The zero-order chi connectivity index (χ0) is 18.1. The number of aromatic nitrogens is 3. The van der Waals surface area contributed by atoms with E-state index in [0.717, 1.165) is 52.4 Å². The molecule has 0 aromatic carbocycles. The van der Waals surface area contributed by atoms with Crippen molar-refractivity contribution in [3.63, 3.8) is 0 Å². The van der Waals surface area contributed by atoms with E-state index in [9.17, 15) is 4.79 Å². The highest BCUT2D eigenvalue weighted by atomic mass is 32.1. The van der Waals surface area contributed by atoms with Gasteiger partial charge in [-0.05, 0) is 61.7 Å². The molecule has 0 bridgehead atoms. The Kier molecular flexibility index (Phi) is 4.73. The van der Waals surface area contributed by atoms with Crippen LogP contribution in [0.4, 0.5) is 16.8 Å². The third-order valence-corrected chi connectivity index (χ3v) is 6.34. The number of hydrogen-bond donors (Lipinski definition) is 3. The monoisotopic (exact) mass is 388 g/mol. The lowest BCUT2D eigenvalue weighted by Crippen LogP contribution is -2.32. The third kappa shape index (κ3) is 3.63. The van der Waals surface area contributed by atoms with Gasteiger partial charge in [-0.25, -0.2) is 4.98 Å². The van der Waals surface area contributed by atoms with Crippen LogP contribution in [0.2, 0.25) is 0 Å². The van der Waals surface area contributed by atoms with Crippen LogP contribution in [0.5, 0.6) is 0 Å². The number of rotatable bonds is 5. The zero-order valence-electron chi connectivity index (χ0n) is 14.4. The summed E-state index contributed by atoms with van der Waals surface area (Å²) >= 11 is 3.02. The quantitative estimate of drug-likeness (QED) is 0.616. The lowest BCUT2D eigenvalue weighted by molar-refractivity contribution is -0.122. The number of nitrogens with zero attached hydrogens (tertiary/aromatic N) is 3. The minimum absolute atomic E-state index is 0.00648. The number of primary amides is 1. The summed E-state index contributed by atoms with van der Waals surface area (Å²) in [6.07, 6.45) is 3.50. The predicted octanol–water partition coefficient (Wildman–Crippen LogP) is 3.66. The molecule has 0 unspecified atom stereocenters. The van der Waals surface area contributed by atoms with Crippen LogP contribution in [0, 0.1) is 12.8 Å². The van der Waals surface area contributed by atoms with Gasteiger partial charge in [0.05, 0.1) is 15.9 Å². The van der Waals surface area contributed by atoms with E-state index in [1.807, 2.05) is 24.4 Å². The number of carbonyl (C=O) groups excluding carboxylic acids is 1. The lowest BCUT2D eigenvalue weighted by atomic mass is 9.85. The first-order valence-corrected chi connectivity index (χ1v) is 10.3. The maximum Gasteiger partial charge on any atom is 0.230 e. The van der Waals surface area contributed by atoms with Crippen molar-refractivity contribution < 1.29 is 4.79 Å². The Labute approximate surface area is 159 Å². The number of amides is 1. The van der Waals surface area contributed by atoms with Gasteiger partial charge in [0.25, 0.3) is 0 Å². The van der Waals surface area contributed by atoms with Crippen LogP contribution in [-0.2, 0) is 4.79 Å². The smallest absolute Gasteiger partial charge is 0.230 e. The largest absolute Gasteiger partial charge is 0.369 e. The Bertz CT molecular complexity index is 928. The SMILES string of the molecule is Cc1cc(Nc2nc(NC3CCC(C(N)=O)CC3)c3sccc3n2)sn1. The van der Waals surface area contributed by atoms with Gasteiger partial charge in [0.2, 0.25) is 11.9 Å². The van der Waals surface area contributed by atoms with Crippen LogP contribution >= 0.6 is 22.9 Å². The van der Waals surface area contributed by atoms with Crippen molar-refractivity contribution in [2.24, 2.45) is 11.7 Å². The summed E-state index contributed by atoms with van der Waals surface area (Å²) in [6.45, 7) is 1.96. The Hall–Kier alpha value is -2.26. The molecule has 0 aliphatic heterocycles. The summed E-state index contributed by atoms with van der Waals surface area (Å²) in [5, 5.41) is 9.74. The number of aryl methyl sites for hydroxylation is 1. The molecular weight excluding hydrogens is 368 g/mol. The normalized spacial score (nSPS) is 20.2. The summed E-state index contributed by atoms with van der Waals surface area (Å²) in [7, 11) is 0. The number of nitrogens with one attached hydrogen (secondary N) is 2. The summed E-state index contributed by atoms with van der Waals surface area (Å²) in [4.78, 5) is 20.6. The standard InChI is InChI=1S/C17H20N6OS2/c1-9-8-13(26-23-9)21-17-20-12-6-7-25-14(12)16(22-17)19-11-4-2-10(3-5-11)15(18)24/h6-8,10-11H,2-5H2,1H3,(H2,18,24)(H2,19,20,21,22). The summed E-state index contributed by atoms with van der Waals surface area (Å²) in [5.41, 5.74) is 7.32. The Morgan fingerprint density at radius 2 is 2.08 bits per heavy atom. The first kappa shape index (κ1) is 17.2. The molecule has 1 aliphatic carbocycles. The number of fused-ring (bicyclic) bond motifs is 1. The van der Waals surface area contributed by atoms with Crippen molar-refractivity contribution >= 4 is 55.8 Å². The molecule has 7 nitrogen and oxygen atoms in total. The molecule has 3 aromatic heterocycles. The van der Waals surface area contributed by atoms with Gasteiger partial charge in [0, 0.05) is 12.0 Å².